The molecule has 4 atom stereocenters. The second-order valence-corrected chi connectivity index (χ2v) is 9.09. The third-order valence-electron chi connectivity index (χ3n) is 7.38. The van der Waals surface area contributed by atoms with E-state index in [4.69, 9.17) is 9.47 Å². The minimum Gasteiger partial charge on any atom is -0.468 e. The highest BCUT2D eigenvalue weighted by Gasteiger charge is 2.74. The zero-order chi connectivity index (χ0) is 23.1. The number of hydrogen-bond donors (Lipinski definition) is 0. The van der Waals surface area contributed by atoms with Gasteiger partial charge in [0.05, 0.1) is 14.2 Å². The number of carbonyl (C=O) groups excluding carboxylic acids is 3. The zero-order valence-electron chi connectivity index (χ0n) is 18.8. The van der Waals surface area contributed by atoms with Gasteiger partial charge in [-0.15, -0.1) is 0 Å². The first-order valence-corrected chi connectivity index (χ1v) is 10.9. The summed E-state index contributed by atoms with van der Waals surface area (Å²) in [7, 11) is 2.57. The number of carbonyl (C=O) groups is 3. The van der Waals surface area contributed by atoms with Crippen LogP contribution in [-0.2, 0) is 23.9 Å². The van der Waals surface area contributed by atoms with E-state index < -0.39 is 40.4 Å². The van der Waals surface area contributed by atoms with E-state index >= 15 is 0 Å². The molecule has 4 rings (SSSR count). The highest BCUT2D eigenvalue weighted by atomic mass is 16.5. The molecule has 2 fully saturated rings. The molecule has 0 aromatic carbocycles. The Morgan fingerprint density at radius 1 is 0.844 bits per heavy atom. The molecule has 0 saturated heterocycles. The van der Waals surface area contributed by atoms with Crippen LogP contribution in [0, 0.1) is 22.7 Å². The van der Waals surface area contributed by atoms with Gasteiger partial charge in [0.25, 0.3) is 0 Å². The number of Topliss-reactive ketones (excluding diaryl/α,β-unsaturated/α-hetero) is 1. The van der Waals surface area contributed by atoms with Crippen LogP contribution < -0.4 is 0 Å². The Labute approximate surface area is 187 Å². The lowest BCUT2D eigenvalue weighted by atomic mass is 9.41. The van der Waals surface area contributed by atoms with E-state index in [1.807, 2.05) is 38.1 Å². The van der Waals surface area contributed by atoms with Gasteiger partial charge < -0.3 is 9.47 Å². The topological polar surface area (TPSA) is 95.5 Å². The molecule has 2 aliphatic carbocycles. The van der Waals surface area contributed by atoms with Crippen LogP contribution in [0.2, 0.25) is 0 Å². The fourth-order valence-electron chi connectivity index (χ4n) is 6.52. The lowest BCUT2D eigenvalue weighted by Crippen LogP contribution is -2.67. The quantitative estimate of drug-likeness (QED) is 0.536. The summed E-state index contributed by atoms with van der Waals surface area (Å²) in [5, 5.41) is 0. The largest absolute Gasteiger partial charge is 0.468 e. The predicted octanol–water partition coefficient (Wildman–Crippen LogP) is 3.31. The lowest BCUT2D eigenvalue weighted by molar-refractivity contribution is -0.189. The SMILES string of the molecule is COC(=O)C12CC(C)CC(C(=O)OC)(C1=O)C(c1ccccn1)C(C)C2c1ccccn1. The summed E-state index contributed by atoms with van der Waals surface area (Å²) < 4.78 is 10.5. The first-order valence-electron chi connectivity index (χ1n) is 10.9. The Balaban J connectivity index is 2.07. The number of hydrogen-bond acceptors (Lipinski definition) is 7. The summed E-state index contributed by atoms with van der Waals surface area (Å²) in [6, 6.07) is 10.9. The summed E-state index contributed by atoms with van der Waals surface area (Å²) in [5.74, 6) is -3.24. The highest BCUT2D eigenvalue weighted by Crippen LogP contribution is 2.67. The van der Waals surface area contributed by atoms with Crippen molar-refractivity contribution in [3.8, 4) is 0 Å². The third kappa shape index (κ3) is 2.90. The van der Waals surface area contributed by atoms with Crippen molar-refractivity contribution >= 4 is 17.7 Å². The Morgan fingerprint density at radius 3 is 1.62 bits per heavy atom. The molecular formula is C25H28N2O5. The number of ketones is 1. The van der Waals surface area contributed by atoms with Gasteiger partial charge >= 0.3 is 11.9 Å². The molecule has 2 bridgehead atoms. The minimum atomic E-state index is -1.53. The van der Waals surface area contributed by atoms with Gasteiger partial charge in [-0.25, -0.2) is 0 Å². The highest BCUT2D eigenvalue weighted by molar-refractivity contribution is 6.17. The molecule has 32 heavy (non-hydrogen) atoms. The first kappa shape index (κ1) is 22.1. The number of esters is 2. The van der Waals surface area contributed by atoms with Crippen LogP contribution >= 0.6 is 0 Å². The van der Waals surface area contributed by atoms with Crippen LogP contribution in [-0.4, -0.2) is 41.9 Å². The molecule has 0 radical (unpaired) electrons. The van der Waals surface area contributed by atoms with Crippen LogP contribution in [0.15, 0.2) is 48.8 Å². The van der Waals surface area contributed by atoms with Crippen LogP contribution in [0.4, 0.5) is 0 Å². The maximum atomic E-state index is 14.5. The predicted molar refractivity (Wildman–Crippen MR) is 115 cm³/mol. The summed E-state index contributed by atoms with van der Waals surface area (Å²) in [6.07, 6.45) is 3.89. The molecule has 2 aromatic rings. The average molecular weight is 437 g/mol. The molecule has 168 valence electrons. The smallest absolute Gasteiger partial charge is 0.320 e. The molecule has 7 nitrogen and oxygen atoms in total. The summed E-state index contributed by atoms with van der Waals surface area (Å²) >= 11 is 0. The Hall–Kier alpha value is -3.09. The van der Waals surface area contributed by atoms with Gasteiger partial charge in [0.2, 0.25) is 0 Å². The zero-order valence-corrected chi connectivity index (χ0v) is 18.8. The minimum absolute atomic E-state index is 0.101. The lowest BCUT2D eigenvalue weighted by Gasteiger charge is -2.58. The van der Waals surface area contributed by atoms with E-state index in [0.717, 1.165) is 0 Å². The number of rotatable bonds is 4. The monoisotopic (exact) mass is 436 g/mol. The van der Waals surface area contributed by atoms with E-state index in [9.17, 15) is 14.4 Å². The average Bonchev–Trinajstić information content (AvgIpc) is 2.81. The number of aromatic nitrogens is 2. The summed E-state index contributed by atoms with van der Waals surface area (Å²) in [4.78, 5) is 50.4. The van der Waals surface area contributed by atoms with E-state index in [2.05, 4.69) is 9.97 Å². The van der Waals surface area contributed by atoms with Gasteiger partial charge in [-0.3, -0.25) is 24.4 Å². The van der Waals surface area contributed by atoms with Gasteiger partial charge in [0.1, 0.15) is 10.8 Å². The van der Waals surface area contributed by atoms with Crippen molar-refractivity contribution < 1.29 is 23.9 Å². The van der Waals surface area contributed by atoms with Crippen LogP contribution in [0.3, 0.4) is 0 Å². The van der Waals surface area contributed by atoms with Crippen molar-refractivity contribution in [2.24, 2.45) is 22.7 Å². The molecule has 2 saturated carbocycles. The number of fused-ring (bicyclic) bond motifs is 2. The molecule has 0 N–H and O–H groups in total. The van der Waals surface area contributed by atoms with E-state index in [1.165, 1.54) is 14.2 Å². The van der Waals surface area contributed by atoms with Gasteiger partial charge in [-0.2, -0.15) is 0 Å². The van der Waals surface area contributed by atoms with Crippen LogP contribution in [0.25, 0.3) is 0 Å². The molecule has 2 aromatic heterocycles. The van der Waals surface area contributed by atoms with Crippen molar-refractivity contribution in [1.82, 2.24) is 9.97 Å². The van der Waals surface area contributed by atoms with Gasteiger partial charge in [-0.1, -0.05) is 26.0 Å². The maximum Gasteiger partial charge on any atom is 0.320 e. The van der Waals surface area contributed by atoms with E-state index in [-0.39, 0.29) is 24.7 Å². The summed E-state index contributed by atoms with van der Waals surface area (Å²) in [6.45, 7) is 3.93. The second-order valence-electron chi connectivity index (χ2n) is 9.09. The van der Waals surface area contributed by atoms with Crippen molar-refractivity contribution in [2.45, 2.75) is 38.5 Å². The molecule has 0 spiro atoms. The Bertz CT molecular complexity index is 948. The van der Waals surface area contributed by atoms with Crippen molar-refractivity contribution in [3.63, 3.8) is 0 Å². The molecular weight excluding hydrogens is 408 g/mol. The summed E-state index contributed by atoms with van der Waals surface area (Å²) in [5.41, 5.74) is -1.79. The van der Waals surface area contributed by atoms with Crippen molar-refractivity contribution in [2.75, 3.05) is 14.2 Å². The van der Waals surface area contributed by atoms with E-state index in [1.54, 1.807) is 24.5 Å². The van der Waals surface area contributed by atoms with Gasteiger partial charge in [-0.05, 0) is 48.9 Å². The normalized spacial score (nSPS) is 33.9. The molecule has 4 unspecified atom stereocenters. The number of methoxy groups -OCH3 is 2. The van der Waals surface area contributed by atoms with Crippen LogP contribution in [0.5, 0.6) is 0 Å². The third-order valence-corrected chi connectivity index (χ3v) is 7.38. The Morgan fingerprint density at radius 2 is 1.28 bits per heavy atom. The van der Waals surface area contributed by atoms with Crippen LogP contribution in [0.1, 0.15) is 49.9 Å². The fraction of sp³-hybridized carbons (Fsp3) is 0.480. The number of ether oxygens (including phenoxy) is 2. The van der Waals surface area contributed by atoms with Crippen molar-refractivity contribution in [1.29, 1.82) is 0 Å². The second kappa shape index (κ2) is 8.11. The molecule has 2 heterocycles. The van der Waals surface area contributed by atoms with Gasteiger partial charge in [0, 0.05) is 35.6 Å². The number of pyridine rings is 2. The molecule has 0 amide bonds. The number of nitrogens with zero attached hydrogens (tertiary/aromatic N) is 2. The molecule has 7 heteroatoms. The fourth-order valence-corrected chi connectivity index (χ4v) is 6.52. The van der Waals surface area contributed by atoms with Crippen molar-refractivity contribution in [3.05, 3.63) is 60.2 Å². The first-order chi connectivity index (χ1) is 15.3. The van der Waals surface area contributed by atoms with E-state index in [0.29, 0.717) is 11.4 Å². The standard InChI is InChI=1S/C25H28N2O5/c1-15-13-24(22(29)31-3)19(17-9-5-7-11-26-17)16(2)20(18-10-6-8-12-27-18)25(14-15,21(24)28)23(30)32-4/h5-12,15-16,19-20H,13-14H2,1-4H3. The Kier molecular flexibility index (Phi) is 5.61. The molecule has 0 aliphatic heterocycles. The maximum absolute atomic E-state index is 14.5. The molecule has 2 aliphatic rings. The van der Waals surface area contributed by atoms with Gasteiger partial charge in [0.15, 0.2) is 5.78 Å².